The molecule has 1 heterocycles. The molecule has 0 bridgehead atoms. The minimum absolute atomic E-state index is 0.0707. The summed E-state index contributed by atoms with van der Waals surface area (Å²) < 4.78 is 5.22. The van der Waals surface area contributed by atoms with Gasteiger partial charge in [-0.3, -0.25) is 14.9 Å². The molecule has 138 valence electrons. The van der Waals surface area contributed by atoms with Gasteiger partial charge in [0.1, 0.15) is 0 Å². The molecule has 2 aromatic carbocycles. The smallest absolute Gasteiger partial charge is 0.273 e. The van der Waals surface area contributed by atoms with Gasteiger partial charge in [0.2, 0.25) is 17.6 Å². The SMILES string of the molecule is Cc1ccc(-c2noc(CN(C)C(=O)Cc3ccccc3[N+](=O)[O-])n2)cc1. The first-order valence-electron chi connectivity index (χ1n) is 8.30. The quantitative estimate of drug-likeness (QED) is 0.490. The van der Waals surface area contributed by atoms with E-state index in [2.05, 4.69) is 10.1 Å². The van der Waals surface area contributed by atoms with Crippen LogP contribution in [0.5, 0.6) is 0 Å². The van der Waals surface area contributed by atoms with Gasteiger partial charge in [-0.15, -0.1) is 0 Å². The molecule has 0 atom stereocenters. The number of rotatable bonds is 6. The third-order valence-corrected chi connectivity index (χ3v) is 4.11. The average molecular weight is 366 g/mol. The molecule has 1 aromatic heterocycles. The minimum atomic E-state index is -0.492. The van der Waals surface area contributed by atoms with Crippen molar-refractivity contribution in [1.29, 1.82) is 0 Å². The molecule has 8 heteroatoms. The van der Waals surface area contributed by atoms with E-state index in [-0.39, 0.29) is 24.6 Å². The van der Waals surface area contributed by atoms with Crippen LogP contribution in [0.25, 0.3) is 11.4 Å². The van der Waals surface area contributed by atoms with Gasteiger partial charge in [-0.25, -0.2) is 0 Å². The van der Waals surface area contributed by atoms with Gasteiger partial charge in [0.05, 0.1) is 17.9 Å². The number of benzene rings is 2. The molecule has 0 aliphatic carbocycles. The molecule has 0 aliphatic heterocycles. The minimum Gasteiger partial charge on any atom is -0.337 e. The molecule has 0 saturated carbocycles. The molecular weight excluding hydrogens is 348 g/mol. The van der Waals surface area contributed by atoms with Crippen molar-refractivity contribution < 1.29 is 14.2 Å². The maximum Gasteiger partial charge on any atom is 0.273 e. The summed E-state index contributed by atoms with van der Waals surface area (Å²) in [4.78, 5) is 28.7. The second kappa shape index (κ2) is 7.77. The zero-order chi connectivity index (χ0) is 19.4. The van der Waals surface area contributed by atoms with Crippen LogP contribution in [0.1, 0.15) is 17.0 Å². The molecule has 0 aliphatic rings. The lowest BCUT2D eigenvalue weighted by Gasteiger charge is -2.14. The predicted molar refractivity (Wildman–Crippen MR) is 97.7 cm³/mol. The summed E-state index contributed by atoms with van der Waals surface area (Å²) in [6.45, 7) is 2.11. The van der Waals surface area contributed by atoms with E-state index in [4.69, 9.17) is 4.52 Å². The van der Waals surface area contributed by atoms with Crippen molar-refractivity contribution in [2.75, 3.05) is 7.05 Å². The number of hydrogen-bond donors (Lipinski definition) is 0. The molecule has 0 spiro atoms. The average Bonchev–Trinajstić information content (AvgIpc) is 3.11. The van der Waals surface area contributed by atoms with Gasteiger partial charge in [-0.05, 0) is 6.92 Å². The topological polar surface area (TPSA) is 102 Å². The highest BCUT2D eigenvalue weighted by molar-refractivity contribution is 5.79. The van der Waals surface area contributed by atoms with Crippen LogP contribution in [0.4, 0.5) is 5.69 Å². The molecule has 3 rings (SSSR count). The normalized spacial score (nSPS) is 10.6. The number of aryl methyl sites for hydroxylation is 1. The third kappa shape index (κ3) is 4.35. The number of nitrogens with zero attached hydrogens (tertiary/aromatic N) is 4. The summed E-state index contributed by atoms with van der Waals surface area (Å²) in [5, 5.41) is 15.0. The molecule has 27 heavy (non-hydrogen) atoms. The summed E-state index contributed by atoms with van der Waals surface area (Å²) in [5.41, 5.74) is 2.25. The summed E-state index contributed by atoms with van der Waals surface area (Å²) in [6.07, 6.45) is -0.0768. The second-order valence-corrected chi connectivity index (χ2v) is 6.19. The number of carbonyl (C=O) groups is 1. The van der Waals surface area contributed by atoms with Gasteiger partial charge >= 0.3 is 0 Å². The Labute approximate surface area is 155 Å². The Morgan fingerprint density at radius 1 is 1.19 bits per heavy atom. The van der Waals surface area contributed by atoms with Crippen molar-refractivity contribution in [2.45, 2.75) is 19.9 Å². The van der Waals surface area contributed by atoms with E-state index in [1.807, 2.05) is 31.2 Å². The molecule has 0 radical (unpaired) electrons. The molecule has 0 N–H and O–H groups in total. The van der Waals surface area contributed by atoms with Crippen molar-refractivity contribution in [2.24, 2.45) is 0 Å². The van der Waals surface area contributed by atoms with Crippen LogP contribution in [-0.4, -0.2) is 32.9 Å². The number of amides is 1. The zero-order valence-electron chi connectivity index (χ0n) is 15.0. The van der Waals surface area contributed by atoms with Crippen LogP contribution in [0.15, 0.2) is 53.1 Å². The molecule has 3 aromatic rings. The number of para-hydroxylation sites is 1. The highest BCUT2D eigenvalue weighted by Crippen LogP contribution is 2.20. The van der Waals surface area contributed by atoms with E-state index in [0.29, 0.717) is 17.3 Å². The molecule has 0 saturated heterocycles. The summed E-state index contributed by atoms with van der Waals surface area (Å²) in [6, 6.07) is 13.9. The van der Waals surface area contributed by atoms with Crippen molar-refractivity contribution in [3.05, 3.63) is 75.7 Å². The Bertz CT molecular complexity index is 966. The highest BCUT2D eigenvalue weighted by atomic mass is 16.6. The number of carbonyl (C=O) groups excluding carboxylic acids is 1. The van der Waals surface area contributed by atoms with Crippen molar-refractivity contribution in [1.82, 2.24) is 15.0 Å². The van der Waals surface area contributed by atoms with Gasteiger partial charge in [0.25, 0.3) is 5.69 Å². The molecule has 0 fully saturated rings. The number of hydrogen-bond acceptors (Lipinski definition) is 6. The highest BCUT2D eigenvalue weighted by Gasteiger charge is 2.19. The Hall–Kier alpha value is -3.55. The summed E-state index contributed by atoms with van der Waals surface area (Å²) in [7, 11) is 1.59. The maximum atomic E-state index is 12.4. The fraction of sp³-hybridized carbons (Fsp3) is 0.211. The van der Waals surface area contributed by atoms with Gasteiger partial charge in [0, 0.05) is 24.2 Å². The van der Waals surface area contributed by atoms with Crippen molar-refractivity contribution in [3.8, 4) is 11.4 Å². The van der Waals surface area contributed by atoms with Crippen LogP contribution >= 0.6 is 0 Å². The van der Waals surface area contributed by atoms with E-state index in [0.717, 1.165) is 11.1 Å². The Morgan fingerprint density at radius 2 is 1.89 bits per heavy atom. The number of nitro groups is 1. The lowest BCUT2D eigenvalue weighted by molar-refractivity contribution is -0.385. The summed E-state index contributed by atoms with van der Waals surface area (Å²) in [5.74, 6) is 0.466. The number of likely N-dealkylation sites (N-methyl/N-ethyl adjacent to an activating group) is 1. The fourth-order valence-corrected chi connectivity index (χ4v) is 2.57. The standard InChI is InChI=1S/C19H18N4O4/c1-13-7-9-14(10-8-13)19-20-17(27-21-19)12-22(2)18(24)11-15-5-3-4-6-16(15)23(25)26/h3-10H,11-12H2,1-2H3. The van der Waals surface area contributed by atoms with E-state index in [1.54, 1.807) is 25.2 Å². The van der Waals surface area contributed by atoms with Crippen molar-refractivity contribution >= 4 is 11.6 Å². The molecular formula is C19H18N4O4. The number of aromatic nitrogens is 2. The second-order valence-electron chi connectivity index (χ2n) is 6.19. The Morgan fingerprint density at radius 3 is 2.59 bits per heavy atom. The first-order valence-corrected chi connectivity index (χ1v) is 8.30. The van der Waals surface area contributed by atoms with Crippen molar-refractivity contribution in [3.63, 3.8) is 0 Å². The molecule has 1 amide bonds. The van der Waals surface area contributed by atoms with E-state index >= 15 is 0 Å². The van der Waals surface area contributed by atoms with E-state index in [9.17, 15) is 14.9 Å². The van der Waals surface area contributed by atoms with Gasteiger partial charge in [-0.2, -0.15) is 4.98 Å². The molecule has 0 unspecified atom stereocenters. The largest absolute Gasteiger partial charge is 0.337 e. The Balaban J connectivity index is 1.67. The van der Waals surface area contributed by atoms with E-state index < -0.39 is 4.92 Å². The fourth-order valence-electron chi connectivity index (χ4n) is 2.57. The van der Waals surface area contributed by atoms with Crippen LogP contribution in [-0.2, 0) is 17.8 Å². The third-order valence-electron chi connectivity index (χ3n) is 4.11. The van der Waals surface area contributed by atoms with Gasteiger partial charge < -0.3 is 9.42 Å². The van der Waals surface area contributed by atoms with E-state index in [1.165, 1.54) is 11.0 Å². The van der Waals surface area contributed by atoms with Crippen LogP contribution in [0.2, 0.25) is 0 Å². The lowest BCUT2D eigenvalue weighted by Crippen LogP contribution is -2.28. The first kappa shape index (κ1) is 18.2. The van der Waals surface area contributed by atoms with Gasteiger partial charge in [-0.1, -0.05) is 53.2 Å². The zero-order valence-corrected chi connectivity index (χ0v) is 15.0. The summed E-state index contributed by atoms with van der Waals surface area (Å²) >= 11 is 0. The van der Waals surface area contributed by atoms with Gasteiger partial charge in [0.15, 0.2) is 0 Å². The van der Waals surface area contributed by atoms with Crippen LogP contribution in [0, 0.1) is 17.0 Å². The number of nitro benzene ring substituents is 1. The molecule has 8 nitrogen and oxygen atoms in total. The Kier molecular flexibility index (Phi) is 5.25. The monoisotopic (exact) mass is 366 g/mol. The maximum absolute atomic E-state index is 12.4. The lowest BCUT2D eigenvalue weighted by atomic mass is 10.1. The van der Waals surface area contributed by atoms with Crippen LogP contribution < -0.4 is 0 Å². The van der Waals surface area contributed by atoms with Crippen LogP contribution in [0.3, 0.4) is 0 Å². The first-order chi connectivity index (χ1) is 12.9. The predicted octanol–water partition coefficient (Wildman–Crippen LogP) is 3.15.